The van der Waals surface area contributed by atoms with Crippen LogP contribution in [0.5, 0.6) is 0 Å². The first-order valence-electron chi connectivity index (χ1n) is 5.33. The smallest absolute Gasteiger partial charge is 0.134 e. The summed E-state index contributed by atoms with van der Waals surface area (Å²) < 4.78 is 5.74. The molecular weight excluding hydrogens is 188 g/mol. The van der Waals surface area contributed by atoms with Crippen molar-refractivity contribution in [3.63, 3.8) is 0 Å². The zero-order valence-corrected chi connectivity index (χ0v) is 9.16. The molecular formula is C13H16O2. The van der Waals surface area contributed by atoms with E-state index in [1.54, 1.807) is 6.92 Å². The van der Waals surface area contributed by atoms with Gasteiger partial charge < -0.3 is 9.52 Å². The fraction of sp³-hybridized carbons (Fsp3) is 0.385. The highest BCUT2D eigenvalue weighted by molar-refractivity contribution is 5.81. The molecule has 2 aromatic rings. The maximum absolute atomic E-state index is 9.24. The van der Waals surface area contributed by atoms with Gasteiger partial charge in [-0.05, 0) is 31.9 Å². The molecule has 0 aliphatic carbocycles. The highest BCUT2D eigenvalue weighted by Gasteiger charge is 2.10. The van der Waals surface area contributed by atoms with Gasteiger partial charge in [-0.1, -0.05) is 18.2 Å². The fourth-order valence-corrected chi connectivity index (χ4v) is 1.80. The fourth-order valence-electron chi connectivity index (χ4n) is 1.80. The van der Waals surface area contributed by atoms with Crippen LogP contribution in [-0.4, -0.2) is 11.2 Å². The van der Waals surface area contributed by atoms with Crippen LogP contribution in [0.1, 0.15) is 24.7 Å². The first kappa shape index (κ1) is 10.2. The van der Waals surface area contributed by atoms with E-state index >= 15 is 0 Å². The summed E-state index contributed by atoms with van der Waals surface area (Å²) in [5, 5.41) is 10.4. The molecule has 0 aliphatic heterocycles. The average molecular weight is 204 g/mol. The van der Waals surface area contributed by atoms with Gasteiger partial charge in [0.1, 0.15) is 11.3 Å². The Kier molecular flexibility index (Phi) is 2.78. The van der Waals surface area contributed by atoms with Crippen LogP contribution in [0.25, 0.3) is 11.0 Å². The van der Waals surface area contributed by atoms with Crippen molar-refractivity contribution in [2.45, 2.75) is 32.8 Å². The number of benzene rings is 1. The van der Waals surface area contributed by atoms with Crippen molar-refractivity contribution in [1.29, 1.82) is 0 Å². The Morgan fingerprint density at radius 3 is 2.73 bits per heavy atom. The zero-order chi connectivity index (χ0) is 10.8. The van der Waals surface area contributed by atoms with E-state index < -0.39 is 0 Å². The van der Waals surface area contributed by atoms with Crippen LogP contribution in [-0.2, 0) is 6.42 Å². The highest BCUT2D eigenvalue weighted by atomic mass is 16.3. The molecule has 1 atom stereocenters. The Balaban J connectivity index is 2.32. The van der Waals surface area contributed by atoms with E-state index in [0.717, 1.165) is 24.2 Å². The largest absolute Gasteiger partial charge is 0.461 e. The first-order valence-corrected chi connectivity index (χ1v) is 5.33. The molecule has 80 valence electrons. The van der Waals surface area contributed by atoms with Gasteiger partial charge in [0, 0.05) is 11.8 Å². The van der Waals surface area contributed by atoms with Gasteiger partial charge in [-0.15, -0.1) is 0 Å². The third kappa shape index (κ3) is 2.05. The molecule has 1 heterocycles. The normalized spacial score (nSPS) is 13.3. The molecule has 0 aliphatic rings. The zero-order valence-electron chi connectivity index (χ0n) is 9.16. The second kappa shape index (κ2) is 4.07. The Morgan fingerprint density at radius 2 is 2.07 bits per heavy atom. The quantitative estimate of drug-likeness (QED) is 0.833. The molecule has 0 fully saturated rings. The molecule has 2 rings (SSSR count). The highest BCUT2D eigenvalue weighted by Crippen LogP contribution is 2.25. The number of aliphatic hydroxyl groups is 1. The van der Waals surface area contributed by atoms with Gasteiger partial charge in [-0.25, -0.2) is 0 Å². The minimum atomic E-state index is -0.266. The summed E-state index contributed by atoms with van der Waals surface area (Å²) in [5.41, 5.74) is 2.14. The van der Waals surface area contributed by atoms with Gasteiger partial charge in [0.15, 0.2) is 0 Å². The molecule has 1 aromatic carbocycles. The van der Waals surface area contributed by atoms with Crippen LogP contribution in [0.3, 0.4) is 0 Å². The average Bonchev–Trinajstić information content (AvgIpc) is 2.54. The number of aliphatic hydroxyl groups excluding tert-OH is 1. The van der Waals surface area contributed by atoms with Crippen molar-refractivity contribution in [2.75, 3.05) is 0 Å². The van der Waals surface area contributed by atoms with Gasteiger partial charge in [0.25, 0.3) is 0 Å². The third-order valence-electron chi connectivity index (χ3n) is 2.73. The van der Waals surface area contributed by atoms with Crippen molar-refractivity contribution in [1.82, 2.24) is 0 Å². The van der Waals surface area contributed by atoms with Crippen LogP contribution in [0.2, 0.25) is 0 Å². The molecule has 0 bridgehead atoms. The Bertz CT molecular complexity index is 455. The lowest BCUT2D eigenvalue weighted by atomic mass is 10.1. The van der Waals surface area contributed by atoms with Crippen LogP contribution in [0, 0.1) is 6.92 Å². The molecule has 0 radical (unpaired) electrons. The molecule has 0 amide bonds. The summed E-state index contributed by atoms with van der Waals surface area (Å²) in [5.74, 6) is 0.997. The summed E-state index contributed by atoms with van der Waals surface area (Å²) in [6, 6.07) is 8.04. The number of rotatable bonds is 3. The topological polar surface area (TPSA) is 33.4 Å². The van der Waals surface area contributed by atoms with Crippen LogP contribution in [0.15, 0.2) is 28.7 Å². The lowest BCUT2D eigenvalue weighted by Crippen LogP contribution is -2.01. The summed E-state index contributed by atoms with van der Waals surface area (Å²) in [4.78, 5) is 0. The van der Waals surface area contributed by atoms with Crippen molar-refractivity contribution in [3.8, 4) is 0 Å². The summed E-state index contributed by atoms with van der Waals surface area (Å²) in [7, 11) is 0. The van der Waals surface area contributed by atoms with Crippen molar-refractivity contribution < 1.29 is 9.52 Å². The summed E-state index contributed by atoms with van der Waals surface area (Å²) in [6.07, 6.45) is 1.29. The van der Waals surface area contributed by atoms with Gasteiger partial charge in [-0.2, -0.15) is 0 Å². The minimum absolute atomic E-state index is 0.266. The van der Waals surface area contributed by atoms with E-state index in [0.29, 0.717) is 0 Å². The Morgan fingerprint density at radius 1 is 1.33 bits per heavy atom. The van der Waals surface area contributed by atoms with E-state index in [-0.39, 0.29) is 6.10 Å². The molecule has 1 aromatic heterocycles. The lowest BCUT2D eigenvalue weighted by molar-refractivity contribution is 0.182. The molecule has 0 unspecified atom stereocenters. The minimum Gasteiger partial charge on any atom is -0.461 e. The second-order valence-electron chi connectivity index (χ2n) is 4.03. The number of hydrogen-bond donors (Lipinski definition) is 1. The predicted octanol–water partition coefficient (Wildman–Crippen LogP) is 3.05. The lowest BCUT2D eigenvalue weighted by Gasteiger charge is -2.01. The Labute approximate surface area is 89.5 Å². The predicted molar refractivity (Wildman–Crippen MR) is 61.0 cm³/mol. The molecule has 0 spiro atoms. The SMILES string of the molecule is Cc1c(CC[C@H](C)O)oc2ccccc12. The second-order valence-corrected chi connectivity index (χ2v) is 4.03. The van der Waals surface area contributed by atoms with E-state index in [9.17, 15) is 5.11 Å². The molecule has 1 N–H and O–H groups in total. The number of fused-ring (bicyclic) bond motifs is 1. The van der Waals surface area contributed by atoms with Gasteiger partial charge >= 0.3 is 0 Å². The van der Waals surface area contributed by atoms with Crippen LogP contribution >= 0.6 is 0 Å². The van der Waals surface area contributed by atoms with E-state index in [1.165, 1.54) is 10.9 Å². The summed E-state index contributed by atoms with van der Waals surface area (Å²) >= 11 is 0. The van der Waals surface area contributed by atoms with Crippen molar-refractivity contribution >= 4 is 11.0 Å². The molecule has 0 saturated heterocycles. The molecule has 2 heteroatoms. The number of aryl methyl sites for hydroxylation is 2. The van der Waals surface area contributed by atoms with Gasteiger partial charge in [0.2, 0.25) is 0 Å². The monoisotopic (exact) mass is 204 g/mol. The number of hydrogen-bond acceptors (Lipinski definition) is 2. The van der Waals surface area contributed by atoms with Gasteiger partial charge in [-0.3, -0.25) is 0 Å². The standard InChI is InChI=1S/C13H16O2/c1-9(14)7-8-12-10(2)11-5-3-4-6-13(11)15-12/h3-6,9,14H,7-8H2,1-2H3/t9-/m0/s1. The third-order valence-corrected chi connectivity index (χ3v) is 2.73. The molecule has 2 nitrogen and oxygen atoms in total. The maximum Gasteiger partial charge on any atom is 0.134 e. The number of furan rings is 1. The van der Waals surface area contributed by atoms with E-state index in [2.05, 4.69) is 13.0 Å². The maximum atomic E-state index is 9.24. The van der Waals surface area contributed by atoms with E-state index in [1.807, 2.05) is 18.2 Å². The first-order chi connectivity index (χ1) is 7.18. The van der Waals surface area contributed by atoms with Gasteiger partial charge in [0.05, 0.1) is 6.10 Å². The Hall–Kier alpha value is -1.28. The van der Waals surface area contributed by atoms with Crippen molar-refractivity contribution in [2.24, 2.45) is 0 Å². The van der Waals surface area contributed by atoms with Crippen LogP contribution < -0.4 is 0 Å². The number of para-hydroxylation sites is 1. The van der Waals surface area contributed by atoms with E-state index in [4.69, 9.17) is 4.42 Å². The van der Waals surface area contributed by atoms with Crippen molar-refractivity contribution in [3.05, 3.63) is 35.6 Å². The van der Waals surface area contributed by atoms with Crippen LogP contribution in [0.4, 0.5) is 0 Å². The molecule has 15 heavy (non-hydrogen) atoms. The molecule has 0 saturated carbocycles. The summed E-state index contributed by atoms with van der Waals surface area (Å²) in [6.45, 7) is 3.88.